The van der Waals surface area contributed by atoms with Crippen LogP contribution in [0.3, 0.4) is 0 Å². The molecule has 1 N–H and O–H groups in total. The number of ether oxygens (including phenoxy) is 4. The number of hydrogen-bond acceptors (Lipinski definition) is 8. The van der Waals surface area contributed by atoms with Gasteiger partial charge in [0, 0.05) is 68.5 Å². The molecule has 0 atom stereocenters. The lowest BCUT2D eigenvalue weighted by Gasteiger charge is -2.29. The van der Waals surface area contributed by atoms with Gasteiger partial charge in [-0.3, -0.25) is 4.79 Å². The van der Waals surface area contributed by atoms with Crippen molar-refractivity contribution in [2.45, 2.75) is 339 Å². The molecule has 0 fully saturated rings. The molecule has 106 heavy (non-hydrogen) atoms. The smallest absolute Gasteiger partial charge is 0.336 e. The number of rotatable bonds is 39. The van der Waals surface area contributed by atoms with E-state index in [0.717, 1.165) is 124 Å². The molecule has 0 aliphatic heterocycles. The third-order valence-electron chi connectivity index (χ3n) is 21.9. The summed E-state index contributed by atoms with van der Waals surface area (Å²) in [5.41, 5.74) is 18.7. The Hall–Kier alpha value is -7.00. The number of aryl methyl sites for hydroxylation is 2. The fraction of sp³-hybridized carbons (Fsp3) is 0.588. The van der Waals surface area contributed by atoms with Gasteiger partial charge in [0.2, 0.25) is 0 Å². The lowest BCUT2D eigenvalue weighted by Crippen LogP contribution is -2.29. The molecular weight excluding hydrogens is 1310 g/mol. The molecule has 9 nitrogen and oxygen atoms in total. The van der Waals surface area contributed by atoms with Gasteiger partial charge in [-0.05, 0) is 157 Å². The minimum absolute atomic E-state index is 0.157. The van der Waals surface area contributed by atoms with Gasteiger partial charge in [0.1, 0.15) is 28.6 Å². The number of anilines is 1. The summed E-state index contributed by atoms with van der Waals surface area (Å²) in [6.45, 7) is 44.7. The predicted octanol–water partition coefficient (Wildman–Crippen LogP) is 25.6. The lowest BCUT2D eigenvalue weighted by atomic mass is 9.79. The number of carbonyl (C=O) groups is 1. The van der Waals surface area contributed by atoms with Crippen molar-refractivity contribution in [2.75, 3.05) is 37.9 Å². The van der Waals surface area contributed by atoms with Gasteiger partial charge >= 0.3 is 5.63 Å². The minimum atomic E-state index is -0.340. The average Bonchev–Trinajstić information content (AvgIpc) is 0.763. The van der Waals surface area contributed by atoms with Gasteiger partial charge in [0.15, 0.2) is 6.61 Å². The zero-order chi connectivity index (χ0) is 76.6. The summed E-state index contributed by atoms with van der Waals surface area (Å²) >= 11 is 0. The van der Waals surface area contributed by atoms with Gasteiger partial charge in [-0.2, -0.15) is 0 Å². The highest BCUT2D eigenvalue weighted by Crippen LogP contribution is 2.45. The van der Waals surface area contributed by atoms with E-state index in [1.54, 1.807) is 6.07 Å². The van der Waals surface area contributed by atoms with Crippen molar-refractivity contribution >= 4 is 22.6 Å². The van der Waals surface area contributed by atoms with E-state index in [-0.39, 0.29) is 39.8 Å². The molecule has 7 aromatic rings. The molecule has 8 bridgehead atoms. The number of hydrogen-bond donors (Lipinski definition) is 1. The zero-order valence-electron chi connectivity index (χ0n) is 69.7. The van der Waals surface area contributed by atoms with Crippen molar-refractivity contribution in [1.82, 2.24) is 5.32 Å². The second-order valence-corrected chi connectivity index (χ2v) is 35.5. The monoisotopic (exact) mass is 1450 g/mol. The van der Waals surface area contributed by atoms with Crippen molar-refractivity contribution in [3.8, 4) is 23.0 Å². The van der Waals surface area contributed by atoms with Crippen LogP contribution < -0.4 is 34.8 Å². The number of nitrogens with one attached hydrogen (secondary N) is 1. The van der Waals surface area contributed by atoms with Crippen LogP contribution in [0, 0.1) is 13.8 Å². The molecule has 0 unspecified atom stereocenters. The highest BCUT2D eigenvalue weighted by molar-refractivity contribution is 5.85. The third kappa shape index (κ3) is 25.3. The number of nitrogens with zero attached hydrogens (tertiary/aromatic N) is 1. The molecule has 8 rings (SSSR count). The van der Waals surface area contributed by atoms with Crippen LogP contribution in [-0.4, -0.2) is 38.9 Å². The average molecular weight is 1450 g/mol. The summed E-state index contributed by atoms with van der Waals surface area (Å²) in [6.07, 6.45) is 31.7. The van der Waals surface area contributed by atoms with Gasteiger partial charge in [-0.15, -0.1) is 0 Å². The van der Waals surface area contributed by atoms with Gasteiger partial charge in [-0.1, -0.05) is 311 Å². The Labute approximate surface area is 642 Å². The van der Waals surface area contributed by atoms with Crippen LogP contribution >= 0.6 is 0 Å². The molecule has 0 radical (unpaired) electrons. The normalized spacial score (nSPS) is 12.8. The van der Waals surface area contributed by atoms with Gasteiger partial charge in [0.25, 0.3) is 5.91 Å². The fourth-order valence-corrected chi connectivity index (χ4v) is 15.1. The second-order valence-electron chi connectivity index (χ2n) is 35.5. The Kier molecular flexibility index (Phi) is 32.3. The Morgan fingerprint density at radius 3 is 1.03 bits per heavy atom. The van der Waals surface area contributed by atoms with E-state index in [1.807, 2.05) is 13.0 Å². The topological polar surface area (TPSA) is 99.5 Å². The first kappa shape index (κ1) is 84.6. The lowest BCUT2D eigenvalue weighted by molar-refractivity contribution is -0.123. The summed E-state index contributed by atoms with van der Waals surface area (Å²) in [7, 11) is 0. The van der Waals surface area contributed by atoms with Crippen LogP contribution in [0.4, 0.5) is 5.69 Å². The molecular formula is C97H140N2O7. The Morgan fingerprint density at radius 1 is 0.396 bits per heavy atom. The molecule has 6 aromatic carbocycles. The Morgan fingerprint density at radius 2 is 0.708 bits per heavy atom. The van der Waals surface area contributed by atoms with Gasteiger partial charge in [-0.25, -0.2) is 4.79 Å². The molecule has 1 amide bonds. The van der Waals surface area contributed by atoms with Crippen LogP contribution in [-0.2, 0) is 65.2 Å². The number of benzene rings is 6. The van der Waals surface area contributed by atoms with Crippen LogP contribution in [0.5, 0.6) is 23.0 Å². The quantitative estimate of drug-likeness (QED) is 0.0300. The van der Waals surface area contributed by atoms with Crippen molar-refractivity contribution in [2.24, 2.45) is 0 Å². The molecule has 1 aromatic heterocycles. The van der Waals surface area contributed by atoms with E-state index in [2.05, 4.69) is 207 Å². The molecule has 580 valence electrons. The highest BCUT2D eigenvalue weighted by Gasteiger charge is 2.31. The Bertz CT molecular complexity index is 3840. The molecule has 1 heterocycles. The third-order valence-corrected chi connectivity index (χ3v) is 21.9. The first-order valence-corrected chi connectivity index (χ1v) is 41.9. The molecule has 1 aliphatic carbocycles. The Balaban J connectivity index is 1.25. The minimum Gasteiger partial charge on any atom is -0.493 e. The number of carbonyl (C=O) groups excluding carboxylic acids is 1. The number of unbranched alkanes of at least 4 members (excludes halogenated alkanes) is 21. The first-order chi connectivity index (χ1) is 50.6. The van der Waals surface area contributed by atoms with E-state index >= 15 is 0 Å². The maximum absolute atomic E-state index is 14.7. The van der Waals surface area contributed by atoms with Crippen LogP contribution in [0.15, 0.2) is 100 Å². The molecule has 1 aliphatic rings. The maximum atomic E-state index is 14.7. The molecule has 0 spiro atoms. The maximum Gasteiger partial charge on any atom is 0.336 e. The van der Waals surface area contributed by atoms with Crippen LogP contribution in [0.1, 0.15) is 354 Å². The van der Waals surface area contributed by atoms with E-state index in [1.165, 1.54) is 160 Å². The van der Waals surface area contributed by atoms with E-state index < -0.39 is 0 Å². The summed E-state index contributed by atoms with van der Waals surface area (Å²) < 4.78 is 35.3. The molecule has 0 saturated heterocycles. The van der Waals surface area contributed by atoms with Crippen molar-refractivity contribution in [1.29, 1.82) is 0 Å². The highest BCUT2D eigenvalue weighted by atomic mass is 16.5. The number of amides is 1. The summed E-state index contributed by atoms with van der Waals surface area (Å²) in [6, 6.07) is 33.7. The SMILES string of the molecule is CCCCCCCCCCOc1c2cc(C(C)(C)C)cc1Cc1cc(C(C)(C)C)cc(c1OCCCCCCCCCC)Cc1cc(C(C)(C)C)cc(c1OCC(=O)NCc1ccc(CN(CC)c3cc4oc(=O)cc(C)c4cc3C)cc1)Cc1cc(C(C)(C)C)cc(c1OCCCCCCCCCC)C2. The van der Waals surface area contributed by atoms with Crippen molar-refractivity contribution < 1.29 is 28.2 Å². The fourth-order valence-electron chi connectivity index (χ4n) is 15.1. The van der Waals surface area contributed by atoms with Crippen molar-refractivity contribution in [3.63, 3.8) is 0 Å². The van der Waals surface area contributed by atoms with Crippen LogP contribution in [0.25, 0.3) is 11.0 Å². The largest absolute Gasteiger partial charge is 0.493 e. The summed E-state index contributed by atoms with van der Waals surface area (Å²) in [4.78, 5) is 29.4. The second kappa shape index (κ2) is 40.4. The molecule has 0 saturated carbocycles. The standard InChI is InChI=1S/C97H140N2O7/c1-19-23-26-29-32-35-38-41-48-102-90-73-53-75-59-82(95(10,11)12)61-77(91(75)103-49-42-39-36-33-30-27-24-20-2)55-79-63-84(97(16,17)18)64-80(56-78-62-83(96(13,14)15)60-76(54-74(90)58-81(57-73)94(7,8)9)92(78)104-50-43-40-37-34-31-28-25-21-3)93(79)105-68-88(100)98-66-71-44-46-72(47-45-71)67-99(22-4)86-65-87-85(51-70(86)6)69(5)52-89(101)106-87/h44-47,51-52,57-65H,19-43,48-50,53-56,66-68H2,1-18H3,(H,98,100). The predicted molar refractivity (Wildman–Crippen MR) is 449 cm³/mol. The first-order valence-electron chi connectivity index (χ1n) is 41.9. The van der Waals surface area contributed by atoms with E-state index in [0.29, 0.717) is 64.2 Å². The van der Waals surface area contributed by atoms with Crippen molar-refractivity contribution in [3.05, 3.63) is 190 Å². The van der Waals surface area contributed by atoms with E-state index in [9.17, 15) is 9.59 Å². The molecule has 9 heteroatoms. The summed E-state index contributed by atoms with van der Waals surface area (Å²) in [5, 5.41) is 4.23. The van der Waals surface area contributed by atoms with Gasteiger partial charge in [0.05, 0.1) is 19.8 Å². The number of fused-ring (bicyclic) bond motifs is 9. The van der Waals surface area contributed by atoms with E-state index in [4.69, 9.17) is 23.4 Å². The summed E-state index contributed by atoms with van der Waals surface area (Å²) in [5.74, 6) is 3.45. The van der Waals surface area contributed by atoms with Crippen LogP contribution in [0.2, 0.25) is 0 Å². The zero-order valence-corrected chi connectivity index (χ0v) is 69.7. The van der Waals surface area contributed by atoms with Gasteiger partial charge < -0.3 is 33.6 Å².